The average molecular weight is 284 g/mol. The number of hydrogen-bond donors (Lipinski definition) is 0. The first-order chi connectivity index (χ1) is 9.03. The predicted molar refractivity (Wildman–Crippen MR) is 77.8 cm³/mol. The molecule has 0 N–H and O–H groups in total. The quantitative estimate of drug-likeness (QED) is 0.721. The zero-order valence-electron chi connectivity index (χ0n) is 12.7. The number of methoxy groups -OCH3 is 1. The Balaban J connectivity index is 2.96. The molecule has 0 unspecified atom stereocenters. The predicted octanol–water partition coefficient (Wildman–Crippen LogP) is 2.73. The molecule has 0 spiro atoms. The Morgan fingerprint density at radius 1 is 0.947 bits per heavy atom. The SMILES string of the molecule is COc1ccc(C)c(C)c1CC[Si](OC)(OC)OC. The molecule has 1 rings (SSSR count). The molecular weight excluding hydrogens is 260 g/mol. The van der Waals surface area contributed by atoms with Crippen molar-refractivity contribution in [2.75, 3.05) is 28.4 Å². The summed E-state index contributed by atoms with van der Waals surface area (Å²) in [6, 6.07) is 4.82. The van der Waals surface area contributed by atoms with E-state index in [1.54, 1.807) is 28.4 Å². The van der Waals surface area contributed by atoms with Crippen molar-refractivity contribution in [2.45, 2.75) is 26.3 Å². The van der Waals surface area contributed by atoms with Gasteiger partial charge in [0.2, 0.25) is 0 Å². The normalized spacial score (nSPS) is 11.7. The minimum Gasteiger partial charge on any atom is -0.496 e. The molecule has 0 fully saturated rings. The minimum atomic E-state index is -2.53. The lowest BCUT2D eigenvalue weighted by Crippen LogP contribution is -2.43. The smallest absolute Gasteiger partial charge is 0.496 e. The van der Waals surface area contributed by atoms with Crippen molar-refractivity contribution in [1.29, 1.82) is 0 Å². The highest BCUT2D eigenvalue weighted by atomic mass is 28.4. The van der Waals surface area contributed by atoms with Crippen LogP contribution < -0.4 is 4.74 Å². The van der Waals surface area contributed by atoms with Crippen LogP contribution in [0.25, 0.3) is 0 Å². The highest BCUT2D eigenvalue weighted by Crippen LogP contribution is 2.28. The van der Waals surface area contributed by atoms with E-state index in [2.05, 4.69) is 19.9 Å². The van der Waals surface area contributed by atoms with Gasteiger partial charge >= 0.3 is 8.80 Å². The fourth-order valence-corrected chi connectivity index (χ4v) is 3.85. The van der Waals surface area contributed by atoms with Gasteiger partial charge in [-0.05, 0) is 43.0 Å². The van der Waals surface area contributed by atoms with Gasteiger partial charge in [-0.2, -0.15) is 0 Å². The van der Waals surface area contributed by atoms with Crippen LogP contribution in [0, 0.1) is 13.8 Å². The molecule has 0 saturated heterocycles. The van der Waals surface area contributed by atoms with Gasteiger partial charge in [0.1, 0.15) is 5.75 Å². The molecular formula is C14H24O4Si. The van der Waals surface area contributed by atoms with Gasteiger partial charge in [0.15, 0.2) is 0 Å². The van der Waals surface area contributed by atoms with Crippen LogP contribution in [-0.2, 0) is 19.7 Å². The molecule has 4 nitrogen and oxygen atoms in total. The van der Waals surface area contributed by atoms with Crippen LogP contribution in [0.2, 0.25) is 6.04 Å². The molecule has 108 valence electrons. The topological polar surface area (TPSA) is 36.9 Å². The molecule has 0 amide bonds. The lowest BCUT2D eigenvalue weighted by molar-refractivity contribution is 0.123. The van der Waals surface area contributed by atoms with Crippen LogP contribution in [0.5, 0.6) is 5.75 Å². The van der Waals surface area contributed by atoms with Gasteiger partial charge < -0.3 is 18.0 Å². The van der Waals surface area contributed by atoms with E-state index in [0.29, 0.717) is 0 Å². The van der Waals surface area contributed by atoms with Crippen molar-refractivity contribution in [1.82, 2.24) is 0 Å². The fourth-order valence-electron chi connectivity index (χ4n) is 2.19. The van der Waals surface area contributed by atoms with Crippen molar-refractivity contribution in [3.63, 3.8) is 0 Å². The largest absolute Gasteiger partial charge is 0.500 e. The summed E-state index contributed by atoms with van der Waals surface area (Å²) in [4.78, 5) is 0. The standard InChI is InChI=1S/C14H24O4Si/c1-11-7-8-14(15-3)13(12(11)2)9-10-19(16-4,17-5)18-6/h7-8H,9-10H2,1-6H3. The number of rotatable bonds is 7. The Labute approximate surface area is 117 Å². The molecule has 0 aliphatic carbocycles. The molecule has 1 aromatic rings. The number of aryl methyl sites for hydroxylation is 1. The molecule has 1 aromatic carbocycles. The summed E-state index contributed by atoms with van der Waals surface area (Å²) in [5.74, 6) is 0.911. The highest BCUT2D eigenvalue weighted by Gasteiger charge is 2.37. The molecule has 0 aliphatic heterocycles. The summed E-state index contributed by atoms with van der Waals surface area (Å²) in [6.45, 7) is 4.22. The third-order valence-electron chi connectivity index (χ3n) is 3.66. The van der Waals surface area contributed by atoms with E-state index in [9.17, 15) is 0 Å². The first-order valence-electron chi connectivity index (χ1n) is 6.32. The third-order valence-corrected chi connectivity index (χ3v) is 6.39. The first kappa shape index (κ1) is 16.2. The van der Waals surface area contributed by atoms with Crippen LogP contribution in [0.15, 0.2) is 12.1 Å². The van der Waals surface area contributed by atoms with Crippen LogP contribution in [-0.4, -0.2) is 37.2 Å². The summed E-state index contributed by atoms with van der Waals surface area (Å²) >= 11 is 0. The zero-order chi connectivity index (χ0) is 14.5. The van der Waals surface area contributed by atoms with Crippen LogP contribution in [0.1, 0.15) is 16.7 Å². The number of benzene rings is 1. The first-order valence-corrected chi connectivity index (χ1v) is 8.25. The van der Waals surface area contributed by atoms with Crippen molar-refractivity contribution < 1.29 is 18.0 Å². The Hall–Kier alpha value is -0.883. The van der Waals surface area contributed by atoms with Gasteiger partial charge in [-0.3, -0.25) is 0 Å². The summed E-state index contributed by atoms with van der Waals surface area (Å²) in [5, 5.41) is 0. The molecule has 0 heterocycles. The van der Waals surface area contributed by atoms with Gasteiger partial charge in [0, 0.05) is 27.4 Å². The van der Waals surface area contributed by atoms with Gasteiger partial charge in [-0.25, -0.2) is 0 Å². The maximum Gasteiger partial charge on any atom is 0.500 e. The van der Waals surface area contributed by atoms with E-state index in [1.165, 1.54) is 16.7 Å². The van der Waals surface area contributed by atoms with Gasteiger partial charge in [-0.15, -0.1) is 0 Å². The van der Waals surface area contributed by atoms with E-state index < -0.39 is 8.80 Å². The van der Waals surface area contributed by atoms with E-state index in [4.69, 9.17) is 18.0 Å². The van der Waals surface area contributed by atoms with E-state index in [1.807, 2.05) is 6.07 Å². The minimum absolute atomic E-state index is 0.733. The summed E-state index contributed by atoms with van der Waals surface area (Å²) in [6.07, 6.45) is 0.818. The van der Waals surface area contributed by atoms with Gasteiger partial charge in [0.05, 0.1) is 7.11 Å². The Kier molecular flexibility index (Phi) is 6.00. The maximum atomic E-state index is 5.46. The van der Waals surface area contributed by atoms with Crippen LogP contribution >= 0.6 is 0 Å². The molecule has 0 bridgehead atoms. The van der Waals surface area contributed by atoms with Gasteiger partial charge in [-0.1, -0.05) is 6.07 Å². The molecule has 0 radical (unpaired) electrons. The van der Waals surface area contributed by atoms with Crippen molar-refractivity contribution in [3.8, 4) is 5.75 Å². The van der Waals surface area contributed by atoms with Crippen molar-refractivity contribution in [2.24, 2.45) is 0 Å². The lowest BCUT2D eigenvalue weighted by atomic mass is 10.0. The van der Waals surface area contributed by atoms with E-state index in [-0.39, 0.29) is 0 Å². The monoisotopic (exact) mass is 284 g/mol. The molecule has 5 heteroatoms. The second-order valence-electron chi connectivity index (χ2n) is 4.48. The Morgan fingerprint density at radius 2 is 1.53 bits per heavy atom. The third kappa shape index (κ3) is 3.57. The summed E-state index contributed by atoms with van der Waals surface area (Å²) < 4.78 is 21.8. The molecule has 0 aliphatic rings. The molecule has 0 aromatic heterocycles. The lowest BCUT2D eigenvalue weighted by Gasteiger charge is -2.25. The molecule has 0 saturated carbocycles. The number of ether oxygens (including phenoxy) is 1. The Morgan fingerprint density at radius 3 is 2.00 bits per heavy atom. The molecule has 19 heavy (non-hydrogen) atoms. The average Bonchev–Trinajstić information content (AvgIpc) is 2.45. The maximum absolute atomic E-state index is 5.46. The fraction of sp³-hybridized carbons (Fsp3) is 0.571. The van der Waals surface area contributed by atoms with E-state index in [0.717, 1.165) is 18.2 Å². The van der Waals surface area contributed by atoms with Crippen LogP contribution in [0.3, 0.4) is 0 Å². The molecule has 0 atom stereocenters. The number of hydrogen-bond acceptors (Lipinski definition) is 4. The van der Waals surface area contributed by atoms with Gasteiger partial charge in [0.25, 0.3) is 0 Å². The Bertz CT molecular complexity index is 408. The summed E-state index contributed by atoms with van der Waals surface area (Å²) in [7, 11) is 4.08. The van der Waals surface area contributed by atoms with Crippen molar-refractivity contribution in [3.05, 3.63) is 28.8 Å². The van der Waals surface area contributed by atoms with Crippen LogP contribution in [0.4, 0.5) is 0 Å². The zero-order valence-corrected chi connectivity index (χ0v) is 13.7. The second-order valence-corrected chi connectivity index (χ2v) is 7.57. The highest BCUT2D eigenvalue weighted by molar-refractivity contribution is 6.60. The second kappa shape index (κ2) is 7.05. The summed E-state index contributed by atoms with van der Waals surface area (Å²) in [5.41, 5.74) is 3.71. The van der Waals surface area contributed by atoms with E-state index >= 15 is 0 Å². The van der Waals surface area contributed by atoms with Crippen molar-refractivity contribution >= 4 is 8.80 Å².